The number of anilines is 1. The molecule has 3 N–H and O–H groups in total. The van der Waals surface area contributed by atoms with Gasteiger partial charge in [-0.3, -0.25) is 14.5 Å². The van der Waals surface area contributed by atoms with Crippen LogP contribution in [0.5, 0.6) is 0 Å². The van der Waals surface area contributed by atoms with Crippen molar-refractivity contribution in [1.82, 2.24) is 10.2 Å². The van der Waals surface area contributed by atoms with E-state index in [1.165, 1.54) is 0 Å². The minimum atomic E-state index is -1.04. The highest BCUT2D eigenvalue weighted by atomic mass is 16.7. The van der Waals surface area contributed by atoms with Crippen LogP contribution in [0.4, 0.5) is 10.5 Å². The third-order valence-electron chi connectivity index (χ3n) is 8.38. The molecule has 3 heterocycles. The summed E-state index contributed by atoms with van der Waals surface area (Å²) in [6.07, 6.45) is -1.28. The number of hydrogen-bond acceptors (Lipinski definition) is 9. The van der Waals surface area contributed by atoms with E-state index in [0.29, 0.717) is 30.8 Å². The minimum absolute atomic E-state index is 0.0422. The number of β-amino-alcohol motifs (C(OH)–C–C–N with tert-alkyl or cyclic N) is 1. The number of ether oxygens (including phenoxy) is 3. The van der Waals surface area contributed by atoms with E-state index < -0.39 is 30.2 Å². The lowest BCUT2D eigenvalue weighted by molar-refractivity contribution is -0.252. The molecule has 11 heteroatoms. The average Bonchev–Trinajstić information content (AvgIpc) is 3.60. The van der Waals surface area contributed by atoms with Gasteiger partial charge in [0.15, 0.2) is 6.29 Å². The van der Waals surface area contributed by atoms with E-state index in [-0.39, 0.29) is 37.9 Å². The fourth-order valence-corrected chi connectivity index (χ4v) is 6.03. The van der Waals surface area contributed by atoms with Gasteiger partial charge in [0.2, 0.25) is 5.91 Å². The summed E-state index contributed by atoms with van der Waals surface area (Å²) in [6.45, 7) is 1.99. The molecule has 3 aliphatic heterocycles. The molecule has 0 spiro atoms. The van der Waals surface area contributed by atoms with Crippen LogP contribution in [-0.4, -0.2) is 70.9 Å². The summed E-state index contributed by atoms with van der Waals surface area (Å²) in [5.74, 6) is -0.991. The van der Waals surface area contributed by atoms with E-state index >= 15 is 0 Å². The van der Waals surface area contributed by atoms with Gasteiger partial charge in [-0.1, -0.05) is 66.7 Å². The second kappa shape index (κ2) is 13.9. The van der Waals surface area contributed by atoms with Gasteiger partial charge < -0.3 is 29.7 Å². The van der Waals surface area contributed by atoms with E-state index in [2.05, 4.69) is 10.2 Å². The number of aliphatic hydroxyl groups excluding tert-OH is 2. The van der Waals surface area contributed by atoms with Crippen molar-refractivity contribution in [2.24, 2.45) is 0 Å². The Kier molecular flexibility index (Phi) is 9.53. The molecule has 236 valence electrons. The molecule has 5 atom stereocenters. The molecule has 0 saturated carbocycles. The first-order valence-corrected chi connectivity index (χ1v) is 15.2. The third kappa shape index (κ3) is 7.41. The maximum absolute atomic E-state index is 13.3. The first-order valence-electron chi connectivity index (χ1n) is 15.2. The number of rotatable bonds is 9. The summed E-state index contributed by atoms with van der Waals surface area (Å²) in [7, 11) is 0. The van der Waals surface area contributed by atoms with Crippen molar-refractivity contribution in [2.75, 3.05) is 24.5 Å². The van der Waals surface area contributed by atoms with Gasteiger partial charge in [-0.2, -0.15) is 0 Å². The van der Waals surface area contributed by atoms with Crippen LogP contribution in [0, 0.1) is 0 Å². The van der Waals surface area contributed by atoms with Gasteiger partial charge in [0.1, 0.15) is 12.6 Å². The summed E-state index contributed by atoms with van der Waals surface area (Å²) < 4.78 is 18.1. The fourth-order valence-electron chi connectivity index (χ4n) is 6.03. The van der Waals surface area contributed by atoms with Gasteiger partial charge in [0, 0.05) is 31.6 Å². The molecule has 3 aliphatic rings. The Hall–Kier alpha value is -4.13. The molecule has 11 nitrogen and oxygen atoms in total. The Balaban J connectivity index is 1.16. The molecule has 0 aliphatic carbocycles. The zero-order valence-corrected chi connectivity index (χ0v) is 24.8. The largest absolute Gasteiger partial charge is 0.445 e. The van der Waals surface area contributed by atoms with E-state index in [1.807, 2.05) is 60.7 Å². The van der Waals surface area contributed by atoms with E-state index in [4.69, 9.17) is 14.2 Å². The molecule has 3 fully saturated rings. The lowest BCUT2D eigenvalue weighted by Gasteiger charge is -2.38. The summed E-state index contributed by atoms with van der Waals surface area (Å²) in [5.41, 5.74) is 3.54. The molecule has 0 aromatic heterocycles. The van der Waals surface area contributed by atoms with Gasteiger partial charge in [-0.15, -0.1) is 0 Å². The quantitative estimate of drug-likeness (QED) is 0.310. The Bertz CT molecular complexity index is 1500. The molecule has 6 rings (SSSR count). The van der Waals surface area contributed by atoms with Gasteiger partial charge in [-0.25, -0.2) is 9.69 Å². The zero-order chi connectivity index (χ0) is 31.3. The normalized spacial score (nSPS) is 25.5. The molecule has 45 heavy (non-hydrogen) atoms. The van der Waals surface area contributed by atoms with E-state index in [9.17, 15) is 24.6 Å². The smallest absolute Gasteiger partial charge is 0.408 e. The van der Waals surface area contributed by atoms with Crippen LogP contribution in [0.1, 0.15) is 53.9 Å². The third-order valence-corrected chi connectivity index (χ3v) is 8.38. The Morgan fingerprint density at radius 3 is 2.49 bits per heavy atom. The van der Waals surface area contributed by atoms with Crippen molar-refractivity contribution < 1.29 is 38.8 Å². The molecule has 0 radical (unpaired) electrons. The lowest BCUT2D eigenvalue weighted by atomic mass is 9.99. The topological polar surface area (TPSA) is 138 Å². The molecule has 0 bridgehead atoms. The second-order valence-electron chi connectivity index (χ2n) is 11.7. The van der Waals surface area contributed by atoms with Crippen molar-refractivity contribution in [3.05, 3.63) is 101 Å². The van der Waals surface area contributed by atoms with Crippen molar-refractivity contribution in [1.29, 1.82) is 0 Å². The van der Waals surface area contributed by atoms with Crippen molar-refractivity contribution in [2.45, 2.75) is 63.1 Å². The Morgan fingerprint density at radius 2 is 1.76 bits per heavy atom. The molecule has 3 aromatic rings. The Labute approximate surface area is 261 Å². The number of likely N-dealkylation sites (tertiary alicyclic amines) is 1. The fraction of sp³-hybridized carbons (Fsp3) is 0.382. The van der Waals surface area contributed by atoms with Crippen LogP contribution in [0.25, 0.3) is 0 Å². The highest BCUT2D eigenvalue weighted by molar-refractivity contribution is 6.22. The van der Waals surface area contributed by atoms with Gasteiger partial charge in [0.25, 0.3) is 5.91 Å². The van der Waals surface area contributed by atoms with Crippen LogP contribution >= 0.6 is 0 Å². The van der Waals surface area contributed by atoms with Crippen LogP contribution in [0.3, 0.4) is 0 Å². The minimum Gasteiger partial charge on any atom is -0.445 e. The SMILES string of the molecule is O=C(NC1CC(=O)N(c2cccc([C@@H]3O[C@H](CN4CC[C@H](O)C4)C[C@H](c4ccc(CO)cc4)O3)c2)C1=O)OCc1ccccc1. The van der Waals surface area contributed by atoms with E-state index in [1.54, 1.807) is 18.2 Å². The van der Waals surface area contributed by atoms with E-state index in [0.717, 1.165) is 34.6 Å². The molecule has 3 amide bonds. The predicted octanol–water partition coefficient (Wildman–Crippen LogP) is 3.35. The highest BCUT2D eigenvalue weighted by Gasteiger charge is 2.41. The van der Waals surface area contributed by atoms with Crippen molar-refractivity contribution in [3.63, 3.8) is 0 Å². The monoisotopic (exact) mass is 615 g/mol. The summed E-state index contributed by atoms with van der Waals surface area (Å²) in [6, 6.07) is 22.6. The molecule has 1 unspecified atom stereocenters. The number of aliphatic hydroxyl groups is 2. The number of amides is 3. The summed E-state index contributed by atoms with van der Waals surface area (Å²) >= 11 is 0. The van der Waals surface area contributed by atoms with Crippen molar-refractivity contribution in [3.8, 4) is 0 Å². The standard InChI is InChI=1S/C34H37N3O8/c38-20-22-9-11-24(12-10-22)30-16-28(19-36-14-13-27(39)18-36)44-33(45-30)25-7-4-8-26(15-25)37-31(40)17-29(32(37)41)35-34(42)43-21-23-5-2-1-3-6-23/h1-12,15,27-30,33,38-39H,13-14,16-21H2,(H,35,42)/t27-,28-,29?,30+,33+/m0/s1. The summed E-state index contributed by atoms with van der Waals surface area (Å²) in [4.78, 5) is 42.0. The maximum atomic E-state index is 13.3. The number of benzene rings is 3. The van der Waals surface area contributed by atoms with Crippen LogP contribution in [0.15, 0.2) is 78.9 Å². The highest BCUT2D eigenvalue weighted by Crippen LogP contribution is 2.39. The van der Waals surface area contributed by atoms with Gasteiger partial charge in [-0.05, 0) is 35.2 Å². The van der Waals surface area contributed by atoms with Crippen LogP contribution in [0.2, 0.25) is 0 Å². The lowest BCUT2D eigenvalue weighted by Crippen LogP contribution is -2.42. The maximum Gasteiger partial charge on any atom is 0.408 e. The number of nitrogens with one attached hydrogen (secondary N) is 1. The van der Waals surface area contributed by atoms with Crippen LogP contribution in [-0.2, 0) is 37.0 Å². The number of alkyl carbamates (subject to hydrolysis) is 1. The number of hydrogen-bond donors (Lipinski definition) is 3. The van der Waals surface area contributed by atoms with Gasteiger partial charge >= 0.3 is 6.09 Å². The first-order chi connectivity index (χ1) is 21.9. The summed E-state index contributed by atoms with van der Waals surface area (Å²) in [5, 5.41) is 22.0. The second-order valence-corrected chi connectivity index (χ2v) is 11.7. The predicted molar refractivity (Wildman–Crippen MR) is 163 cm³/mol. The van der Waals surface area contributed by atoms with Gasteiger partial charge in [0.05, 0.1) is 37.0 Å². The molecular weight excluding hydrogens is 578 g/mol. The zero-order valence-electron chi connectivity index (χ0n) is 24.8. The average molecular weight is 616 g/mol. The number of carbonyl (C=O) groups is 3. The molecule has 3 aromatic carbocycles. The number of carbonyl (C=O) groups excluding carboxylic acids is 3. The molecular formula is C34H37N3O8. The van der Waals surface area contributed by atoms with Crippen molar-refractivity contribution >= 4 is 23.6 Å². The Morgan fingerprint density at radius 1 is 0.956 bits per heavy atom. The first kappa shape index (κ1) is 30.9. The number of imide groups is 1. The molecule has 3 saturated heterocycles. The number of nitrogens with zero attached hydrogens (tertiary/aromatic N) is 2. The van der Waals surface area contributed by atoms with Crippen LogP contribution < -0.4 is 10.2 Å².